The second kappa shape index (κ2) is 5.86. The fourth-order valence-electron chi connectivity index (χ4n) is 4.28. The highest BCUT2D eigenvalue weighted by Crippen LogP contribution is 2.52. The number of hydrogen-bond donors (Lipinski definition) is 0. The predicted octanol–water partition coefficient (Wildman–Crippen LogP) is 6.61. The molecule has 28 heavy (non-hydrogen) atoms. The monoisotopic (exact) mass is 356 g/mol. The van der Waals surface area contributed by atoms with E-state index in [1.54, 1.807) is 0 Å². The van der Waals surface area contributed by atoms with Gasteiger partial charge in [0, 0.05) is 33.8 Å². The summed E-state index contributed by atoms with van der Waals surface area (Å²) in [4.78, 5) is 9.84. The van der Waals surface area contributed by atoms with Crippen LogP contribution in [0.5, 0.6) is 0 Å². The fourth-order valence-corrected chi connectivity index (χ4v) is 4.28. The first-order valence-corrected chi connectivity index (χ1v) is 9.45. The third-order valence-electron chi connectivity index (χ3n) is 5.46. The first-order valence-electron chi connectivity index (χ1n) is 9.45. The standard InChI is InChI=1S/C26H16N2/c1-3-9-17(10-4-1)22-23-19-13-7-8-14-20(19)26-24(23)21(15-16-27-26)28-25(22)18-11-5-2-6-12-18/h1-16H. The predicted molar refractivity (Wildman–Crippen MR) is 115 cm³/mol. The molecule has 3 aromatic carbocycles. The van der Waals surface area contributed by atoms with Gasteiger partial charge in [-0.05, 0) is 17.2 Å². The van der Waals surface area contributed by atoms with Gasteiger partial charge in [-0.1, -0.05) is 84.9 Å². The Hall–Kier alpha value is -3.78. The second-order valence-electron chi connectivity index (χ2n) is 7.04. The van der Waals surface area contributed by atoms with Gasteiger partial charge < -0.3 is 0 Å². The van der Waals surface area contributed by atoms with Gasteiger partial charge in [-0.25, -0.2) is 4.98 Å². The van der Waals surface area contributed by atoms with Gasteiger partial charge in [0.15, 0.2) is 0 Å². The van der Waals surface area contributed by atoms with Crippen LogP contribution in [0.1, 0.15) is 0 Å². The van der Waals surface area contributed by atoms with E-state index in [1.165, 1.54) is 27.8 Å². The van der Waals surface area contributed by atoms with Crippen LogP contribution in [0.15, 0.2) is 97.2 Å². The molecule has 0 N–H and O–H groups in total. The summed E-state index contributed by atoms with van der Waals surface area (Å²) in [6.07, 6.45) is 1.87. The summed E-state index contributed by atoms with van der Waals surface area (Å²) in [6, 6.07) is 31.6. The van der Waals surface area contributed by atoms with Crippen LogP contribution in [0, 0.1) is 0 Å². The van der Waals surface area contributed by atoms with Crippen molar-refractivity contribution < 1.29 is 0 Å². The van der Waals surface area contributed by atoms with E-state index >= 15 is 0 Å². The number of fused-ring (bicyclic) bond motifs is 3. The number of aromatic nitrogens is 2. The van der Waals surface area contributed by atoms with E-state index in [1.807, 2.05) is 18.3 Å². The lowest BCUT2D eigenvalue weighted by atomic mass is 9.90. The normalized spacial score (nSPS) is 11.6. The molecule has 0 unspecified atom stereocenters. The van der Waals surface area contributed by atoms with E-state index in [2.05, 4.69) is 78.9 Å². The lowest BCUT2D eigenvalue weighted by Crippen LogP contribution is -1.94. The molecule has 6 rings (SSSR count). The minimum atomic E-state index is 0.995. The summed E-state index contributed by atoms with van der Waals surface area (Å²) in [6.45, 7) is 0. The molecule has 0 saturated carbocycles. The molecule has 5 aromatic rings. The molecule has 0 fully saturated rings. The Morgan fingerprint density at radius 3 is 1.89 bits per heavy atom. The molecular weight excluding hydrogens is 340 g/mol. The molecule has 0 spiro atoms. The molecule has 1 aliphatic carbocycles. The molecule has 2 nitrogen and oxygen atoms in total. The molecule has 0 radical (unpaired) electrons. The zero-order chi connectivity index (χ0) is 18.5. The van der Waals surface area contributed by atoms with Gasteiger partial charge in [0.2, 0.25) is 0 Å². The van der Waals surface area contributed by atoms with Crippen molar-refractivity contribution in [3.8, 4) is 44.8 Å². The van der Waals surface area contributed by atoms with E-state index < -0.39 is 0 Å². The van der Waals surface area contributed by atoms with Crippen LogP contribution < -0.4 is 0 Å². The summed E-state index contributed by atoms with van der Waals surface area (Å²) in [7, 11) is 0. The van der Waals surface area contributed by atoms with Crippen LogP contribution in [0.2, 0.25) is 0 Å². The Labute approximate surface area is 163 Å². The van der Waals surface area contributed by atoms with Crippen LogP contribution in [0.3, 0.4) is 0 Å². The average molecular weight is 356 g/mol. The van der Waals surface area contributed by atoms with E-state index in [0.29, 0.717) is 0 Å². The van der Waals surface area contributed by atoms with Gasteiger partial charge in [-0.3, -0.25) is 4.98 Å². The van der Waals surface area contributed by atoms with Gasteiger partial charge in [0.1, 0.15) is 0 Å². The van der Waals surface area contributed by atoms with Crippen molar-refractivity contribution in [1.29, 1.82) is 0 Å². The fraction of sp³-hybridized carbons (Fsp3) is 0. The largest absolute Gasteiger partial charge is 0.255 e. The first kappa shape index (κ1) is 15.3. The molecule has 2 heteroatoms. The summed E-state index contributed by atoms with van der Waals surface area (Å²) in [5.74, 6) is 0. The van der Waals surface area contributed by atoms with Crippen molar-refractivity contribution in [1.82, 2.24) is 9.97 Å². The first-order chi connectivity index (χ1) is 13.9. The molecule has 0 saturated heterocycles. The SMILES string of the molecule is c1ccc(-c2nc3ccnc4c3c(c2-c2ccccc2)-c2ccccc2-4)cc1. The van der Waals surface area contributed by atoms with Crippen molar-refractivity contribution in [2.75, 3.05) is 0 Å². The zero-order valence-corrected chi connectivity index (χ0v) is 15.1. The Morgan fingerprint density at radius 1 is 0.500 bits per heavy atom. The maximum Gasteiger partial charge on any atom is 0.0808 e. The lowest BCUT2D eigenvalue weighted by molar-refractivity contribution is 1.34. The van der Waals surface area contributed by atoms with Crippen LogP contribution in [0.25, 0.3) is 55.7 Å². The molecule has 2 heterocycles. The van der Waals surface area contributed by atoms with E-state index in [9.17, 15) is 0 Å². The Balaban J connectivity index is 1.84. The highest BCUT2D eigenvalue weighted by molar-refractivity contribution is 6.18. The number of rotatable bonds is 2. The Morgan fingerprint density at radius 2 is 1.14 bits per heavy atom. The molecular formula is C26H16N2. The van der Waals surface area contributed by atoms with Gasteiger partial charge in [-0.2, -0.15) is 0 Å². The van der Waals surface area contributed by atoms with Crippen molar-refractivity contribution in [2.45, 2.75) is 0 Å². The molecule has 0 atom stereocenters. The Bertz CT molecular complexity index is 1340. The van der Waals surface area contributed by atoms with Gasteiger partial charge in [0.25, 0.3) is 0 Å². The average Bonchev–Trinajstić information content (AvgIpc) is 3.11. The summed E-state index contributed by atoms with van der Waals surface area (Å²) < 4.78 is 0. The molecule has 1 aliphatic rings. The number of nitrogens with zero attached hydrogens (tertiary/aromatic N) is 2. The maximum atomic E-state index is 5.13. The van der Waals surface area contributed by atoms with E-state index in [-0.39, 0.29) is 0 Å². The van der Waals surface area contributed by atoms with Crippen molar-refractivity contribution in [2.24, 2.45) is 0 Å². The smallest absolute Gasteiger partial charge is 0.0808 e. The number of pyridine rings is 2. The minimum absolute atomic E-state index is 0.995. The third-order valence-corrected chi connectivity index (χ3v) is 5.46. The van der Waals surface area contributed by atoms with Crippen molar-refractivity contribution in [3.05, 3.63) is 97.2 Å². The molecule has 130 valence electrons. The third kappa shape index (κ3) is 2.09. The van der Waals surface area contributed by atoms with Crippen molar-refractivity contribution in [3.63, 3.8) is 0 Å². The summed E-state index contributed by atoms with van der Waals surface area (Å²) in [5, 5.41) is 1.15. The summed E-state index contributed by atoms with van der Waals surface area (Å²) in [5.41, 5.74) is 10.2. The molecule has 0 amide bonds. The van der Waals surface area contributed by atoms with Crippen LogP contribution in [-0.4, -0.2) is 9.97 Å². The maximum absolute atomic E-state index is 5.13. The molecule has 0 aliphatic heterocycles. The second-order valence-corrected chi connectivity index (χ2v) is 7.04. The van der Waals surface area contributed by atoms with Gasteiger partial charge in [0.05, 0.1) is 16.9 Å². The number of hydrogen-bond acceptors (Lipinski definition) is 2. The molecule has 2 aromatic heterocycles. The van der Waals surface area contributed by atoms with Gasteiger partial charge >= 0.3 is 0 Å². The van der Waals surface area contributed by atoms with Crippen LogP contribution in [-0.2, 0) is 0 Å². The topological polar surface area (TPSA) is 25.8 Å². The molecule has 0 bridgehead atoms. The Kier molecular flexibility index (Phi) is 3.20. The minimum Gasteiger partial charge on any atom is -0.255 e. The zero-order valence-electron chi connectivity index (χ0n) is 15.1. The van der Waals surface area contributed by atoms with Crippen LogP contribution in [0.4, 0.5) is 0 Å². The lowest BCUT2D eigenvalue weighted by Gasteiger charge is -2.16. The highest BCUT2D eigenvalue weighted by Gasteiger charge is 2.28. The van der Waals surface area contributed by atoms with E-state index in [4.69, 9.17) is 9.97 Å². The summed E-state index contributed by atoms with van der Waals surface area (Å²) >= 11 is 0. The highest BCUT2D eigenvalue weighted by atomic mass is 14.8. The van der Waals surface area contributed by atoms with Crippen molar-refractivity contribution >= 4 is 10.9 Å². The van der Waals surface area contributed by atoms with E-state index in [0.717, 1.165) is 27.9 Å². The quantitative estimate of drug-likeness (QED) is 0.349. The van der Waals surface area contributed by atoms with Crippen LogP contribution >= 0.6 is 0 Å². The van der Waals surface area contributed by atoms with Gasteiger partial charge in [-0.15, -0.1) is 0 Å². The number of benzene rings is 3.